The fourth-order valence-electron chi connectivity index (χ4n) is 2.61. The SMILES string of the molecule is Cn1cc(C(=O)Nc2cnn(-c3ccc(F)c(F)c3F)c2C(F)(F)F)c(C(F)F)n1. The summed E-state index contributed by atoms with van der Waals surface area (Å²) < 4.78 is 108. The van der Waals surface area contributed by atoms with Crippen molar-refractivity contribution in [1.82, 2.24) is 19.6 Å². The summed E-state index contributed by atoms with van der Waals surface area (Å²) in [5, 5.41) is 8.40. The number of nitrogens with zero attached hydrogens (tertiary/aromatic N) is 4. The molecule has 0 saturated carbocycles. The van der Waals surface area contributed by atoms with Gasteiger partial charge in [-0.15, -0.1) is 0 Å². The topological polar surface area (TPSA) is 64.7 Å². The van der Waals surface area contributed by atoms with E-state index in [1.165, 1.54) is 7.05 Å². The smallest absolute Gasteiger partial charge is 0.319 e. The second-order valence-electron chi connectivity index (χ2n) is 5.87. The van der Waals surface area contributed by atoms with Crippen LogP contribution in [0.4, 0.5) is 40.8 Å². The lowest BCUT2D eigenvalue weighted by atomic mass is 10.2. The Morgan fingerprint density at radius 1 is 1.13 bits per heavy atom. The van der Waals surface area contributed by atoms with Crippen molar-refractivity contribution in [2.24, 2.45) is 7.05 Å². The van der Waals surface area contributed by atoms with Crippen LogP contribution in [0.2, 0.25) is 0 Å². The number of rotatable bonds is 4. The maximum Gasteiger partial charge on any atom is 0.435 e. The van der Waals surface area contributed by atoms with Gasteiger partial charge in [0.2, 0.25) is 0 Å². The molecule has 2 heterocycles. The minimum absolute atomic E-state index is 0.0925. The lowest BCUT2D eigenvalue weighted by Gasteiger charge is -2.14. The molecule has 160 valence electrons. The molecule has 1 amide bonds. The average Bonchev–Trinajstić information content (AvgIpc) is 3.23. The highest BCUT2D eigenvalue weighted by Crippen LogP contribution is 2.37. The molecule has 0 aliphatic heterocycles. The molecule has 3 rings (SSSR count). The number of amides is 1. The van der Waals surface area contributed by atoms with Gasteiger partial charge in [0.1, 0.15) is 11.4 Å². The summed E-state index contributed by atoms with van der Waals surface area (Å²) in [5.41, 5.74) is -5.53. The predicted molar refractivity (Wildman–Crippen MR) is 84.6 cm³/mol. The van der Waals surface area contributed by atoms with E-state index in [1.807, 2.05) is 0 Å². The molecule has 0 saturated heterocycles. The number of hydrogen-bond acceptors (Lipinski definition) is 3. The van der Waals surface area contributed by atoms with E-state index in [2.05, 4.69) is 10.2 Å². The summed E-state index contributed by atoms with van der Waals surface area (Å²) in [6, 6.07) is 0.899. The van der Waals surface area contributed by atoms with Gasteiger partial charge in [-0.1, -0.05) is 0 Å². The summed E-state index contributed by atoms with van der Waals surface area (Å²) in [4.78, 5) is 12.3. The van der Waals surface area contributed by atoms with Crippen LogP contribution in [-0.2, 0) is 13.2 Å². The predicted octanol–water partition coefficient (Wildman–Crippen LogP) is 4.23. The van der Waals surface area contributed by atoms with Crippen molar-refractivity contribution in [1.29, 1.82) is 0 Å². The first-order valence-electron chi connectivity index (χ1n) is 7.84. The molecule has 0 spiro atoms. The summed E-state index contributed by atoms with van der Waals surface area (Å²) >= 11 is 0. The van der Waals surface area contributed by atoms with E-state index in [1.54, 1.807) is 5.32 Å². The molecule has 30 heavy (non-hydrogen) atoms. The lowest BCUT2D eigenvalue weighted by molar-refractivity contribution is -0.142. The number of benzene rings is 1. The van der Waals surface area contributed by atoms with Crippen LogP contribution in [0.3, 0.4) is 0 Å². The Morgan fingerprint density at radius 2 is 1.80 bits per heavy atom. The van der Waals surface area contributed by atoms with Gasteiger partial charge in [-0.2, -0.15) is 23.4 Å². The number of carbonyl (C=O) groups excluding carboxylic acids is 1. The third kappa shape index (κ3) is 3.71. The quantitative estimate of drug-likeness (QED) is 0.489. The summed E-state index contributed by atoms with van der Waals surface area (Å²) in [6.45, 7) is 0. The van der Waals surface area contributed by atoms with E-state index in [9.17, 15) is 39.9 Å². The van der Waals surface area contributed by atoms with Gasteiger partial charge in [-0.25, -0.2) is 26.6 Å². The number of carbonyl (C=O) groups is 1. The monoisotopic (exact) mass is 439 g/mol. The molecule has 0 atom stereocenters. The van der Waals surface area contributed by atoms with E-state index in [4.69, 9.17) is 0 Å². The highest BCUT2D eigenvalue weighted by atomic mass is 19.4. The van der Waals surface area contributed by atoms with E-state index >= 15 is 0 Å². The van der Waals surface area contributed by atoms with Gasteiger partial charge >= 0.3 is 6.18 Å². The Labute approximate surface area is 161 Å². The Bertz CT molecular complexity index is 1120. The van der Waals surface area contributed by atoms with E-state index in [0.717, 1.165) is 10.9 Å². The molecule has 6 nitrogen and oxygen atoms in total. The number of hydrogen-bond donors (Lipinski definition) is 1. The van der Waals surface area contributed by atoms with Crippen molar-refractivity contribution < 1.29 is 39.9 Å². The van der Waals surface area contributed by atoms with Crippen molar-refractivity contribution in [3.8, 4) is 5.69 Å². The Balaban J connectivity index is 2.08. The van der Waals surface area contributed by atoms with Crippen molar-refractivity contribution >= 4 is 11.6 Å². The maximum atomic E-state index is 14.0. The van der Waals surface area contributed by atoms with E-state index in [-0.39, 0.29) is 4.68 Å². The normalized spacial score (nSPS) is 11.9. The fraction of sp³-hybridized carbons (Fsp3) is 0.188. The molecule has 3 aromatic rings. The van der Waals surface area contributed by atoms with Gasteiger partial charge in [0, 0.05) is 13.2 Å². The van der Waals surface area contributed by atoms with Crippen molar-refractivity contribution in [3.63, 3.8) is 0 Å². The number of aryl methyl sites for hydroxylation is 1. The van der Waals surface area contributed by atoms with E-state index < -0.39 is 64.3 Å². The average molecular weight is 439 g/mol. The number of halogens is 8. The van der Waals surface area contributed by atoms with Crippen LogP contribution in [0.5, 0.6) is 0 Å². The first-order chi connectivity index (χ1) is 13.9. The molecule has 0 unspecified atom stereocenters. The largest absolute Gasteiger partial charge is 0.435 e. The lowest BCUT2D eigenvalue weighted by Crippen LogP contribution is -2.20. The van der Waals surface area contributed by atoms with E-state index in [0.29, 0.717) is 18.3 Å². The number of aromatic nitrogens is 4. The van der Waals surface area contributed by atoms with Crippen molar-refractivity contribution in [2.75, 3.05) is 5.32 Å². The summed E-state index contributed by atoms with van der Waals surface area (Å²) in [5.74, 6) is -6.98. The van der Waals surface area contributed by atoms with Crippen LogP contribution in [0.1, 0.15) is 28.2 Å². The Morgan fingerprint density at radius 3 is 2.40 bits per heavy atom. The van der Waals surface area contributed by atoms with Crippen molar-refractivity contribution in [2.45, 2.75) is 12.6 Å². The zero-order valence-corrected chi connectivity index (χ0v) is 14.6. The van der Waals surface area contributed by atoms with Gasteiger partial charge in [-0.3, -0.25) is 9.48 Å². The van der Waals surface area contributed by atoms with Crippen LogP contribution < -0.4 is 5.32 Å². The molecular weight excluding hydrogens is 430 g/mol. The number of alkyl halides is 5. The molecule has 0 fully saturated rings. The molecule has 2 aromatic heterocycles. The Kier molecular flexibility index (Phi) is 5.26. The zero-order chi connectivity index (χ0) is 22.4. The van der Waals surface area contributed by atoms with Crippen LogP contribution in [0.25, 0.3) is 5.69 Å². The molecular formula is C16H9F8N5O. The standard InChI is InChI=1S/C16H9F8N5O/c1-28-5-6(12(27-28)14(20)21)15(30)26-8-4-25-29(13(8)16(22,23)24)9-3-2-7(17)10(18)11(9)19/h2-5,14H,1H3,(H,26,30). The van der Waals surface area contributed by atoms with Crippen LogP contribution in [0, 0.1) is 17.5 Å². The second kappa shape index (κ2) is 7.42. The third-order valence-electron chi connectivity index (χ3n) is 3.84. The molecule has 0 aliphatic carbocycles. The van der Waals surface area contributed by atoms with Crippen LogP contribution >= 0.6 is 0 Å². The molecule has 14 heteroatoms. The van der Waals surface area contributed by atoms with Gasteiger partial charge in [-0.05, 0) is 12.1 Å². The highest BCUT2D eigenvalue weighted by Gasteiger charge is 2.40. The Hall–Kier alpha value is -3.45. The minimum atomic E-state index is -5.25. The molecule has 0 bridgehead atoms. The van der Waals surface area contributed by atoms with Gasteiger partial charge in [0.15, 0.2) is 23.1 Å². The molecule has 1 aromatic carbocycles. The minimum Gasteiger partial charge on any atom is -0.319 e. The van der Waals surface area contributed by atoms with Gasteiger partial charge < -0.3 is 5.32 Å². The summed E-state index contributed by atoms with van der Waals surface area (Å²) in [7, 11) is 1.22. The number of anilines is 1. The maximum absolute atomic E-state index is 14.0. The van der Waals surface area contributed by atoms with Crippen LogP contribution in [0.15, 0.2) is 24.5 Å². The molecule has 1 N–H and O–H groups in total. The fourth-order valence-corrected chi connectivity index (χ4v) is 2.61. The summed E-state index contributed by atoms with van der Waals surface area (Å²) in [6.07, 6.45) is -7.12. The highest BCUT2D eigenvalue weighted by molar-refractivity contribution is 6.05. The third-order valence-corrected chi connectivity index (χ3v) is 3.84. The van der Waals surface area contributed by atoms with Crippen molar-refractivity contribution in [3.05, 3.63) is 58.9 Å². The second-order valence-corrected chi connectivity index (χ2v) is 5.87. The van der Waals surface area contributed by atoms with Gasteiger partial charge in [0.25, 0.3) is 12.3 Å². The van der Waals surface area contributed by atoms with Gasteiger partial charge in [0.05, 0.1) is 17.4 Å². The first-order valence-corrected chi connectivity index (χ1v) is 7.84. The zero-order valence-electron chi connectivity index (χ0n) is 14.6. The van der Waals surface area contributed by atoms with Crippen LogP contribution in [-0.4, -0.2) is 25.5 Å². The first kappa shape index (κ1) is 21.3. The molecule has 0 radical (unpaired) electrons. The number of nitrogens with one attached hydrogen (secondary N) is 1. The molecule has 0 aliphatic rings.